The van der Waals surface area contributed by atoms with Crippen molar-refractivity contribution >= 4 is 23.5 Å². The number of fused-ring (bicyclic) bond motifs is 1. The summed E-state index contributed by atoms with van der Waals surface area (Å²) in [5.74, 6) is 2.04. The number of benzene rings is 1. The largest absolute Gasteiger partial charge is 0.336 e. The summed E-state index contributed by atoms with van der Waals surface area (Å²) in [5, 5.41) is 0. The van der Waals surface area contributed by atoms with Crippen molar-refractivity contribution in [3.63, 3.8) is 0 Å². The predicted molar refractivity (Wildman–Crippen MR) is 106 cm³/mol. The van der Waals surface area contributed by atoms with Crippen LogP contribution in [0, 0.1) is 6.92 Å². The SMILES string of the molecule is Cc1ccc2c(c1)C(C(=O)N1CCSCC1CN1CCCCC1)CC2=O. The van der Waals surface area contributed by atoms with Crippen molar-refractivity contribution in [2.24, 2.45) is 0 Å². The number of amides is 1. The molecule has 2 aliphatic heterocycles. The van der Waals surface area contributed by atoms with Gasteiger partial charge in [0.25, 0.3) is 0 Å². The molecule has 4 nitrogen and oxygen atoms in total. The van der Waals surface area contributed by atoms with Crippen molar-refractivity contribution in [1.29, 1.82) is 0 Å². The third-order valence-corrected chi connectivity index (χ3v) is 7.09. The number of rotatable bonds is 3. The van der Waals surface area contributed by atoms with Gasteiger partial charge in [-0.15, -0.1) is 0 Å². The van der Waals surface area contributed by atoms with Gasteiger partial charge in [0.15, 0.2) is 5.78 Å². The number of piperidine rings is 1. The molecular weight excluding hydrogens is 344 g/mol. The maximum Gasteiger partial charge on any atom is 0.230 e. The Morgan fingerprint density at radius 2 is 2.00 bits per heavy atom. The number of thioether (sulfide) groups is 1. The van der Waals surface area contributed by atoms with Crippen LogP contribution in [0.3, 0.4) is 0 Å². The molecule has 140 valence electrons. The fraction of sp³-hybridized carbons (Fsp3) is 0.619. The highest BCUT2D eigenvalue weighted by Crippen LogP contribution is 2.36. The van der Waals surface area contributed by atoms with Gasteiger partial charge >= 0.3 is 0 Å². The molecule has 0 spiro atoms. The van der Waals surface area contributed by atoms with Crippen LogP contribution in [0.5, 0.6) is 0 Å². The van der Waals surface area contributed by atoms with Gasteiger partial charge in [0.1, 0.15) is 0 Å². The molecule has 4 rings (SSSR count). The minimum Gasteiger partial charge on any atom is -0.336 e. The molecule has 0 aromatic heterocycles. The lowest BCUT2D eigenvalue weighted by atomic mass is 9.97. The molecule has 1 aliphatic carbocycles. The standard InChI is InChI=1S/C21H28N2O2S/c1-15-5-6-17-18(11-15)19(12-20(17)24)21(25)23-9-10-26-14-16(23)13-22-7-3-2-4-8-22/h5-6,11,16,19H,2-4,7-10,12-14H2,1H3. The summed E-state index contributed by atoms with van der Waals surface area (Å²) in [4.78, 5) is 30.4. The lowest BCUT2D eigenvalue weighted by Gasteiger charge is -2.40. The molecule has 2 fully saturated rings. The first kappa shape index (κ1) is 18.1. The number of nitrogens with zero attached hydrogens (tertiary/aromatic N) is 2. The highest BCUT2D eigenvalue weighted by atomic mass is 32.2. The highest BCUT2D eigenvalue weighted by Gasteiger charge is 2.39. The Hall–Kier alpha value is -1.33. The summed E-state index contributed by atoms with van der Waals surface area (Å²) in [6.45, 7) is 6.15. The second-order valence-corrected chi connectivity index (χ2v) is 9.04. The van der Waals surface area contributed by atoms with Crippen LogP contribution in [0.4, 0.5) is 0 Å². The molecule has 0 N–H and O–H groups in total. The first-order chi connectivity index (χ1) is 12.6. The van der Waals surface area contributed by atoms with Crippen molar-refractivity contribution in [1.82, 2.24) is 9.80 Å². The molecule has 0 saturated carbocycles. The lowest BCUT2D eigenvalue weighted by molar-refractivity contribution is -0.135. The summed E-state index contributed by atoms with van der Waals surface area (Å²) in [6.07, 6.45) is 4.23. The lowest BCUT2D eigenvalue weighted by Crippen LogP contribution is -2.53. The Kier molecular flexibility index (Phi) is 5.37. The summed E-state index contributed by atoms with van der Waals surface area (Å²) >= 11 is 1.96. The third-order valence-electron chi connectivity index (χ3n) is 6.00. The van der Waals surface area contributed by atoms with E-state index in [4.69, 9.17) is 0 Å². The molecule has 5 heteroatoms. The Bertz CT molecular complexity index is 699. The van der Waals surface area contributed by atoms with Gasteiger partial charge in [-0.2, -0.15) is 11.8 Å². The van der Waals surface area contributed by atoms with Crippen molar-refractivity contribution in [3.8, 4) is 0 Å². The normalized spacial score (nSPS) is 26.8. The van der Waals surface area contributed by atoms with Gasteiger partial charge in [0, 0.05) is 36.6 Å². The minimum absolute atomic E-state index is 0.123. The number of aryl methyl sites for hydroxylation is 1. The monoisotopic (exact) mass is 372 g/mol. The molecule has 2 atom stereocenters. The van der Waals surface area contributed by atoms with Crippen LogP contribution in [0.25, 0.3) is 0 Å². The second kappa shape index (κ2) is 7.73. The first-order valence-electron chi connectivity index (χ1n) is 9.88. The Morgan fingerprint density at radius 1 is 1.19 bits per heavy atom. The van der Waals surface area contributed by atoms with E-state index in [1.165, 1.54) is 19.3 Å². The Morgan fingerprint density at radius 3 is 2.81 bits per heavy atom. The first-order valence-corrected chi connectivity index (χ1v) is 11.0. The van der Waals surface area contributed by atoms with Crippen molar-refractivity contribution < 1.29 is 9.59 Å². The molecule has 26 heavy (non-hydrogen) atoms. The predicted octanol–water partition coefficient (Wildman–Crippen LogP) is 3.09. The molecule has 3 aliphatic rings. The molecule has 1 aromatic rings. The molecule has 2 saturated heterocycles. The van der Waals surface area contributed by atoms with E-state index >= 15 is 0 Å². The van der Waals surface area contributed by atoms with E-state index in [2.05, 4.69) is 9.80 Å². The fourth-order valence-electron chi connectivity index (χ4n) is 4.59. The maximum atomic E-state index is 13.4. The van der Waals surface area contributed by atoms with E-state index in [0.29, 0.717) is 6.42 Å². The number of hydrogen-bond acceptors (Lipinski definition) is 4. The van der Waals surface area contributed by atoms with Gasteiger partial charge in [0.2, 0.25) is 5.91 Å². The van der Waals surface area contributed by atoms with E-state index in [1.54, 1.807) is 0 Å². The van der Waals surface area contributed by atoms with Crippen LogP contribution >= 0.6 is 11.8 Å². The van der Waals surface area contributed by atoms with Crippen LogP contribution in [0.1, 0.15) is 53.1 Å². The topological polar surface area (TPSA) is 40.6 Å². The number of carbonyl (C=O) groups is 2. The van der Waals surface area contributed by atoms with Crippen LogP contribution in [-0.4, -0.2) is 65.2 Å². The summed E-state index contributed by atoms with van der Waals surface area (Å²) in [6, 6.07) is 6.20. The van der Waals surface area contributed by atoms with E-state index in [1.807, 2.05) is 36.9 Å². The van der Waals surface area contributed by atoms with Crippen LogP contribution < -0.4 is 0 Å². The molecule has 0 bridgehead atoms. The van der Waals surface area contributed by atoms with Gasteiger partial charge in [-0.25, -0.2) is 0 Å². The molecule has 1 aromatic carbocycles. The van der Waals surface area contributed by atoms with Crippen LogP contribution in [0.15, 0.2) is 18.2 Å². The molecule has 1 amide bonds. The summed E-state index contributed by atoms with van der Waals surface area (Å²) in [5.41, 5.74) is 2.83. The molecule has 2 heterocycles. The van der Waals surface area contributed by atoms with Crippen molar-refractivity contribution in [2.45, 2.75) is 44.6 Å². The molecule has 0 radical (unpaired) electrons. The average Bonchev–Trinajstić information content (AvgIpc) is 2.98. The minimum atomic E-state index is -0.274. The van der Waals surface area contributed by atoms with Gasteiger partial charge in [-0.3, -0.25) is 9.59 Å². The number of ketones is 1. The summed E-state index contributed by atoms with van der Waals surface area (Å²) < 4.78 is 0. The number of carbonyl (C=O) groups excluding carboxylic acids is 2. The van der Waals surface area contributed by atoms with Crippen LogP contribution in [0.2, 0.25) is 0 Å². The van der Waals surface area contributed by atoms with E-state index < -0.39 is 0 Å². The zero-order valence-electron chi connectivity index (χ0n) is 15.6. The smallest absolute Gasteiger partial charge is 0.230 e. The maximum absolute atomic E-state index is 13.4. The Balaban J connectivity index is 1.52. The second-order valence-electron chi connectivity index (χ2n) is 7.89. The summed E-state index contributed by atoms with van der Waals surface area (Å²) in [7, 11) is 0. The Labute approximate surface area is 160 Å². The van der Waals surface area contributed by atoms with Gasteiger partial charge < -0.3 is 9.80 Å². The van der Waals surface area contributed by atoms with E-state index in [0.717, 1.165) is 54.4 Å². The number of likely N-dealkylation sites (tertiary alicyclic amines) is 1. The number of hydrogen-bond donors (Lipinski definition) is 0. The molecular formula is C21H28N2O2S. The zero-order valence-corrected chi connectivity index (χ0v) is 16.4. The van der Waals surface area contributed by atoms with E-state index in [9.17, 15) is 9.59 Å². The highest BCUT2D eigenvalue weighted by molar-refractivity contribution is 7.99. The van der Waals surface area contributed by atoms with Gasteiger partial charge in [-0.1, -0.05) is 30.2 Å². The quantitative estimate of drug-likeness (QED) is 0.818. The third kappa shape index (κ3) is 3.56. The van der Waals surface area contributed by atoms with Gasteiger partial charge in [0.05, 0.1) is 12.0 Å². The zero-order chi connectivity index (χ0) is 18.1. The van der Waals surface area contributed by atoms with E-state index in [-0.39, 0.29) is 23.7 Å². The van der Waals surface area contributed by atoms with Crippen LogP contribution in [-0.2, 0) is 4.79 Å². The fourth-order valence-corrected chi connectivity index (χ4v) is 5.64. The van der Waals surface area contributed by atoms with Crippen molar-refractivity contribution in [3.05, 3.63) is 34.9 Å². The molecule has 2 unspecified atom stereocenters. The number of Topliss-reactive ketones (excluding diaryl/α,β-unsaturated/α-hetero) is 1. The van der Waals surface area contributed by atoms with Crippen molar-refractivity contribution in [2.75, 3.05) is 37.7 Å². The average molecular weight is 373 g/mol. The van der Waals surface area contributed by atoms with Gasteiger partial charge in [-0.05, 0) is 38.4 Å².